The fourth-order valence-corrected chi connectivity index (χ4v) is 4.06. The summed E-state index contributed by atoms with van der Waals surface area (Å²) in [5.74, 6) is 0.718. The van der Waals surface area contributed by atoms with Crippen LogP contribution in [0.5, 0.6) is 0 Å². The molecular weight excluding hydrogens is 429 g/mol. The number of ether oxygens (including phenoxy) is 1. The van der Waals surface area contributed by atoms with E-state index in [-0.39, 0.29) is 0 Å². The van der Waals surface area contributed by atoms with Crippen LogP contribution < -0.4 is 4.80 Å². The lowest BCUT2D eigenvalue weighted by Crippen LogP contribution is -2.13. The third kappa shape index (κ3) is 4.46. The van der Waals surface area contributed by atoms with Crippen molar-refractivity contribution >= 4 is 51.7 Å². The fraction of sp³-hybridized carbons (Fsp3) is 0.143. The molecule has 0 aliphatic rings. The number of para-hydroxylation sites is 1. The molecule has 0 N–H and O–H groups in total. The number of methoxy groups -OCH3 is 1. The first kappa shape index (κ1) is 19.9. The van der Waals surface area contributed by atoms with Crippen LogP contribution in [0.3, 0.4) is 0 Å². The SMILES string of the molecule is COCCN=c1scc(-c2cc3ccccc3o2)n1N=Cc1ccc(Cl)cc1Cl. The summed E-state index contributed by atoms with van der Waals surface area (Å²) in [6, 6.07) is 15.2. The first-order valence-electron chi connectivity index (χ1n) is 8.84. The number of hydrogen-bond acceptors (Lipinski definition) is 5. The van der Waals surface area contributed by atoms with Gasteiger partial charge in [-0.1, -0.05) is 47.5 Å². The molecule has 2 aromatic heterocycles. The van der Waals surface area contributed by atoms with E-state index in [2.05, 4.69) is 10.1 Å². The van der Waals surface area contributed by atoms with Crippen molar-refractivity contribution in [3.05, 3.63) is 74.3 Å². The molecule has 0 aliphatic carbocycles. The standard InChI is InChI=1S/C21H17Cl2N3O2S/c1-27-9-8-24-21-26(25-12-15-6-7-16(22)11-17(15)23)18(13-29-21)20-10-14-4-2-3-5-19(14)28-20/h2-7,10-13H,8-9H2,1H3. The normalized spacial score (nSPS) is 12.4. The van der Waals surface area contributed by atoms with E-state index in [9.17, 15) is 0 Å². The van der Waals surface area contributed by atoms with E-state index in [1.165, 1.54) is 11.3 Å². The molecule has 5 nitrogen and oxygen atoms in total. The second-order valence-electron chi connectivity index (χ2n) is 6.15. The summed E-state index contributed by atoms with van der Waals surface area (Å²) in [6.07, 6.45) is 1.69. The van der Waals surface area contributed by atoms with Crippen molar-refractivity contribution in [2.45, 2.75) is 0 Å². The van der Waals surface area contributed by atoms with Gasteiger partial charge in [-0.05, 0) is 24.3 Å². The first-order chi connectivity index (χ1) is 14.2. The highest BCUT2D eigenvalue weighted by atomic mass is 35.5. The van der Waals surface area contributed by atoms with E-state index in [4.69, 9.17) is 32.4 Å². The van der Waals surface area contributed by atoms with E-state index in [1.807, 2.05) is 41.8 Å². The molecule has 2 aromatic carbocycles. The number of fused-ring (bicyclic) bond motifs is 1. The van der Waals surface area contributed by atoms with Crippen LogP contribution in [0.2, 0.25) is 10.0 Å². The van der Waals surface area contributed by atoms with Crippen LogP contribution >= 0.6 is 34.5 Å². The molecule has 0 bridgehead atoms. The Morgan fingerprint density at radius 3 is 2.83 bits per heavy atom. The molecule has 0 amide bonds. The summed E-state index contributed by atoms with van der Waals surface area (Å²) < 4.78 is 12.9. The summed E-state index contributed by atoms with van der Waals surface area (Å²) in [5.41, 5.74) is 2.39. The minimum Gasteiger partial charge on any atom is -0.454 e. The Hall–Kier alpha value is -2.38. The van der Waals surface area contributed by atoms with Gasteiger partial charge in [-0.15, -0.1) is 11.3 Å². The Balaban J connectivity index is 1.79. The minimum absolute atomic E-state index is 0.528. The van der Waals surface area contributed by atoms with Crippen molar-refractivity contribution in [3.63, 3.8) is 0 Å². The Labute approximate surface area is 181 Å². The van der Waals surface area contributed by atoms with Gasteiger partial charge < -0.3 is 9.15 Å². The van der Waals surface area contributed by atoms with Crippen LogP contribution in [0.4, 0.5) is 0 Å². The predicted molar refractivity (Wildman–Crippen MR) is 119 cm³/mol. The molecule has 29 heavy (non-hydrogen) atoms. The highest BCUT2D eigenvalue weighted by Gasteiger charge is 2.13. The lowest BCUT2D eigenvalue weighted by atomic mass is 10.2. The number of benzene rings is 2. The molecule has 0 aliphatic heterocycles. The number of thiazole rings is 1. The van der Waals surface area contributed by atoms with Gasteiger partial charge in [0, 0.05) is 28.5 Å². The summed E-state index contributed by atoms with van der Waals surface area (Å²) >= 11 is 13.8. The van der Waals surface area contributed by atoms with Gasteiger partial charge in [0.05, 0.1) is 24.4 Å². The predicted octanol–water partition coefficient (Wildman–Crippen LogP) is 5.70. The van der Waals surface area contributed by atoms with E-state index in [1.54, 1.807) is 30.1 Å². The van der Waals surface area contributed by atoms with Crippen LogP contribution in [0, 0.1) is 0 Å². The molecule has 0 fully saturated rings. The van der Waals surface area contributed by atoms with Crippen molar-refractivity contribution in [2.75, 3.05) is 20.3 Å². The van der Waals surface area contributed by atoms with Crippen molar-refractivity contribution < 1.29 is 9.15 Å². The van der Waals surface area contributed by atoms with Crippen LogP contribution in [0.25, 0.3) is 22.4 Å². The first-order valence-corrected chi connectivity index (χ1v) is 10.5. The zero-order valence-electron chi connectivity index (χ0n) is 15.5. The van der Waals surface area contributed by atoms with E-state index in [0.717, 1.165) is 32.8 Å². The molecule has 0 saturated heterocycles. The lowest BCUT2D eigenvalue weighted by Gasteiger charge is -2.02. The number of rotatable bonds is 6. The van der Waals surface area contributed by atoms with Crippen molar-refractivity contribution in [3.8, 4) is 11.5 Å². The summed E-state index contributed by atoms with van der Waals surface area (Å²) in [6.45, 7) is 1.07. The molecule has 8 heteroatoms. The highest BCUT2D eigenvalue weighted by molar-refractivity contribution is 7.07. The number of aromatic nitrogens is 1. The lowest BCUT2D eigenvalue weighted by molar-refractivity contribution is 0.207. The molecule has 0 saturated carbocycles. The van der Waals surface area contributed by atoms with Gasteiger partial charge in [-0.3, -0.25) is 4.99 Å². The number of furan rings is 1. The Morgan fingerprint density at radius 2 is 2.03 bits per heavy atom. The van der Waals surface area contributed by atoms with Crippen molar-refractivity contribution in [1.29, 1.82) is 0 Å². The summed E-state index contributed by atoms with van der Waals surface area (Å²) in [4.78, 5) is 5.33. The topological polar surface area (TPSA) is 52.0 Å². The maximum absolute atomic E-state index is 6.28. The van der Waals surface area contributed by atoms with Gasteiger partial charge in [-0.25, -0.2) is 4.68 Å². The summed E-state index contributed by atoms with van der Waals surface area (Å²) in [7, 11) is 1.65. The number of nitrogens with zero attached hydrogens (tertiary/aromatic N) is 3. The van der Waals surface area contributed by atoms with Crippen LogP contribution in [-0.4, -0.2) is 31.2 Å². The van der Waals surface area contributed by atoms with Gasteiger partial charge in [0.25, 0.3) is 0 Å². The van der Waals surface area contributed by atoms with E-state index < -0.39 is 0 Å². The van der Waals surface area contributed by atoms with Crippen LogP contribution in [0.15, 0.2) is 68.4 Å². The zero-order chi connectivity index (χ0) is 20.2. The molecule has 0 spiro atoms. The third-order valence-electron chi connectivity index (χ3n) is 4.18. The number of halogens is 2. The minimum atomic E-state index is 0.528. The maximum Gasteiger partial charge on any atom is 0.206 e. The quantitative estimate of drug-likeness (QED) is 0.282. The molecule has 4 rings (SSSR count). The van der Waals surface area contributed by atoms with Crippen molar-refractivity contribution in [2.24, 2.45) is 10.1 Å². The van der Waals surface area contributed by atoms with Crippen LogP contribution in [0.1, 0.15) is 5.56 Å². The largest absolute Gasteiger partial charge is 0.454 e. The molecule has 148 valence electrons. The van der Waals surface area contributed by atoms with E-state index >= 15 is 0 Å². The fourth-order valence-electron chi connectivity index (χ4n) is 2.76. The molecule has 4 aromatic rings. The second kappa shape index (κ2) is 8.97. The molecule has 0 radical (unpaired) electrons. The molecular formula is C21H17Cl2N3O2S. The highest BCUT2D eigenvalue weighted by Crippen LogP contribution is 2.28. The second-order valence-corrected chi connectivity index (χ2v) is 7.83. The Kier molecular flexibility index (Phi) is 6.16. The number of hydrogen-bond donors (Lipinski definition) is 0. The average Bonchev–Trinajstić information content (AvgIpc) is 3.31. The molecule has 0 atom stereocenters. The smallest absolute Gasteiger partial charge is 0.206 e. The van der Waals surface area contributed by atoms with Crippen LogP contribution in [-0.2, 0) is 4.74 Å². The summed E-state index contributed by atoms with van der Waals surface area (Å²) in [5, 5.41) is 8.74. The van der Waals surface area contributed by atoms with Crippen molar-refractivity contribution in [1.82, 2.24) is 4.68 Å². The molecule has 0 unspecified atom stereocenters. The van der Waals surface area contributed by atoms with Gasteiger partial charge >= 0.3 is 0 Å². The zero-order valence-corrected chi connectivity index (χ0v) is 17.8. The van der Waals surface area contributed by atoms with E-state index in [0.29, 0.717) is 23.2 Å². The van der Waals surface area contributed by atoms with Gasteiger partial charge in [0.1, 0.15) is 11.3 Å². The van der Waals surface area contributed by atoms with Gasteiger partial charge in [-0.2, -0.15) is 5.10 Å². The third-order valence-corrected chi connectivity index (χ3v) is 5.60. The maximum atomic E-state index is 6.28. The average molecular weight is 446 g/mol. The Morgan fingerprint density at radius 1 is 1.17 bits per heavy atom. The Bertz CT molecular complexity index is 1210. The van der Waals surface area contributed by atoms with Gasteiger partial charge in [0.2, 0.25) is 4.80 Å². The molecule has 2 heterocycles. The monoisotopic (exact) mass is 445 g/mol. The van der Waals surface area contributed by atoms with Gasteiger partial charge in [0.15, 0.2) is 5.76 Å².